The number of nitrogens with zero attached hydrogens (tertiary/aromatic N) is 2. The highest BCUT2D eigenvalue weighted by molar-refractivity contribution is 8.39. The quantitative estimate of drug-likeness (QED) is 0.305. The molecule has 1 aliphatic rings. The Bertz CT molecular complexity index is 1400. The number of hydrogen-bond acceptors (Lipinski definition) is 6. The first-order valence-corrected chi connectivity index (χ1v) is 13.0. The second-order valence-corrected chi connectivity index (χ2v) is 11.0. The van der Waals surface area contributed by atoms with E-state index < -0.39 is 0 Å². The van der Waals surface area contributed by atoms with Gasteiger partial charge in [0.25, 0.3) is 0 Å². The molecular formula is C26H22N2O2S3. The molecular weight excluding hydrogens is 468 g/mol. The van der Waals surface area contributed by atoms with Gasteiger partial charge in [0.1, 0.15) is 15.2 Å². The molecule has 1 aliphatic heterocycles. The zero-order chi connectivity index (χ0) is 22.9. The van der Waals surface area contributed by atoms with Crippen LogP contribution in [0.3, 0.4) is 0 Å². The minimum absolute atomic E-state index is 0.0158. The van der Waals surface area contributed by atoms with Gasteiger partial charge in [0.2, 0.25) is 0 Å². The van der Waals surface area contributed by atoms with E-state index in [0.29, 0.717) is 0 Å². The van der Waals surface area contributed by atoms with E-state index in [1.54, 1.807) is 30.6 Å². The molecule has 0 saturated heterocycles. The van der Waals surface area contributed by atoms with E-state index in [1.807, 2.05) is 66.1 Å². The Labute approximate surface area is 205 Å². The van der Waals surface area contributed by atoms with Crippen LogP contribution in [0.1, 0.15) is 26.8 Å². The molecule has 166 valence electrons. The maximum atomic E-state index is 13.3. The van der Waals surface area contributed by atoms with Crippen LogP contribution in [0.25, 0.3) is 5.69 Å². The van der Waals surface area contributed by atoms with E-state index in [2.05, 4.69) is 25.1 Å². The van der Waals surface area contributed by atoms with E-state index >= 15 is 0 Å². The number of para-hydroxylation sites is 2. The van der Waals surface area contributed by atoms with E-state index in [0.717, 1.165) is 48.1 Å². The molecule has 33 heavy (non-hydrogen) atoms. The van der Waals surface area contributed by atoms with Crippen molar-refractivity contribution in [2.24, 2.45) is 4.99 Å². The normalized spacial score (nSPS) is 16.6. The number of rotatable bonds is 4. The van der Waals surface area contributed by atoms with Gasteiger partial charge in [-0.15, -0.1) is 0 Å². The van der Waals surface area contributed by atoms with Crippen LogP contribution in [-0.2, 0) is 0 Å². The van der Waals surface area contributed by atoms with Gasteiger partial charge in [-0.3, -0.25) is 9.36 Å². The van der Waals surface area contributed by atoms with Crippen LogP contribution in [0, 0.1) is 13.8 Å². The highest BCUT2D eigenvalue weighted by Gasteiger charge is 2.33. The highest BCUT2D eigenvalue weighted by Crippen LogP contribution is 2.51. The summed E-state index contributed by atoms with van der Waals surface area (Å²) in [6.07, 6.45) is 0. The third kappa shape index (κ3) is 4.28. The summed E-state index contributed by atoms with van der Waals surface area (Å²) in [5.74, 6) is 0.814. The summed E-state index contributed by atoms with van der Waals surface area (Å²) >= 11 is 4.60. The number of ether oxygens (including phenoxy) is 1. The van der Waals surface area contributed by atoms with Crippen molar-refractivity contribution in [1.29, 1.82) is 0 Å². The minimum Gasteiger partial charge on any atom is -0.497 e. The van der Waals surface area contributed by atoms with Crippen LogP contribution in [0.4, 0.5) is 5.69 Å². The molecule has 0 spiro atoms. The first-order chi connectivity index (χ1) is 16.0. The molecule has 0 amide bonds. The number of methoxy groups -OCH3 is 1. The van der Waals surface area contributed by atoms with Crippen molar-refractivity contribution in [2.75, 3.05) is 7.11 Å². The van der Waals surface area contributed by atoms with Crippen molar-refractivity contribution in [1.82, 2.24) is 4.57 Å². The summed E-state index contributed by atoms with van der Waals surface area (Å²) in [4.78, 5) is 19.3. The number of aliphatic imine (C=N–C) groups is 1. The average Bonchev–Trinajstić information content (AvgIpc) is 3.16. The summed E-state index contributed by atoms with van der Waals surface area (Å²) in [6.45, 7) is 4.11. The number of thiazole rings is 1. The van der Waals surface area contributed by atoms with Crippen LogP contribution < -0.4 is 9.61 Å². The van der Waals surface area contributed by atoms with Crippen LogP contribution in [0.5, 0.6) is 5.75 Å². The molecule has 1 unspecified atom stereocenters. The number of aromatic nitrogens is 1. The second-order valence-electron chi connectivity index (χ2n) is 7.70. The lowest BCUT2D eigenvalue weighted by molar-refractivity contribution is 0.414. The van der Waals surface area contributed by atoms with Crippen molar-refractivity contribution in [3.63, 3.8) is 0 Å². The maximum absolute atomic E-state index is 13.3. The van der Waals surface area contributed by atoms with Gasteiger partial charge in [0, 0.05) is 0 Å². The van der Waals surface area contributed by atoms with Crippen molar-refractivity contribution in [3.8, 4) is 11.4 Å². The maximum Gasteiger partial charge on any atom is 0.312 e. The van der Waals surface area contributed by atoms with E-state index in [9.17, 15) is 4.79 Å². The SMILES string of the molecule is COc1ccc(C2SC(=Nc3ccccc3C)Sc3c2sc(=O)n3-c2ccccc2C)cc1. The Morgan fingerprint density at radius 1 is 0.909 bits per heavy atom. The zero-order valence-corrected chi connectivity index (χ0v) is 20.9. The van der Waals surface area contributed by atoms with Gasteiger partial charge in [0.05, 0.1) is 28.6 Å². The molecule has 0 saturated carbocycles. The van der Waals surface area contributed by atoms with E-state index in [-0.39, 0.29) is 10.1 Å². The van der Waals surface area contributed by atoms with Gasteiger partial charge in [-0.1, -0.05) is 71.6 Å². The molecule has 1 atom stereocenters. The topological polar surface area (TPSA) is 43.6 Å². The molecule has 5 rings (SSSR count). The molecule has 3 aromatic carbocycles. The van der Waals surface area contributed by atoms with Crippen LogP contribution >= 0.6 is 34.9 Å². The number of benzene rings is 3. The van der Waals surface area contributed by atoms with Gasteiger partial charge < -0.3 is 4.74 Å². The van der Waals surface area contributed by atoms with Crippen LogP contribution in [0.2, 0.25) is 0 Å². The first kappa shape index (κ1) is 22.1. The third-order valence-electron chi connectivity index (χ3n) is 5.54. The van der Waals surface area contributed by atoms with Crippen LogP contribution in [0.15, 0.2) is 87.6 Å². The number of aryl methyl sites for hydroxylation is 2. The van der Waals surface area contributed by atoms with Crippen molar-refractivity contribution in [3.05, 3.63) is 104 Å². The molecule has 0 bridgehead atoms. The molecule has 7 heteroatoms. The predicted octanol–water partition coefficient (Wildman–Crippen LogP) is 7.14. The molecule has 4 nitrogen and oxygen atoms in total. The third-order valence-corrected chi connectivity index (χ3v) is 9.26. The smallest absolute Gasteiger partial charge is 0.312 e. The molecule has 0 fully saturated rings. The summed E-state index contributed by atoms with van der Waals surface area (Å²) in [7, 11) is 1.67. The van der Waals surface area contributed by atoms with E-state index in [4.69, 9.17) is 9.73 Å². The van der Waals surface area contributed by atoms with Gasteiger partial charge in [-0.05, 0) is 66.6 Å². The molecule has 0 aliphatic carbocycles. The van der Waals surface area contributed by atoms with Gasteiger partial charge >= 0.3 is 4.87 Å². The highest BCUT2D eigenvalue weighted by atomic mass is 32.2. The Hall–Kier alpha value is -2.74. The Morgan fingerprint density at radius 2 is 1.61 bits per heavy atom. The molecule has 2 heterocycles. The largest absolute Gasteiger partial charge is 0.497 e. The molecule has 0 radical (unpaired) electrons. The zero-order valence-electron chi connectivity index (χ0n) is 18.4. The summed E-state index contributed by atoms with van der Waals surface area (Å²) < 4.78 is 8.13. The Morgan fingerprint density at radius 3 is 2.30 bits per heavy atom. The summed E-state index contributed by atoms with van der Waals surface area (Å²) in [6, 6.07) is 24.2. The lowest BCUT2D eigenvalue weighted by Crippen LogP contribution is -2.14. The fraction of sp³-hybridized carbons (Fsp3) is 0.154. The lowest BCUT2D eigenvalue weighted by Gasteiger charge is -2.24. The monoisotopic (exact) mass is 490 g/mol. The molecule has 0 N–H and O–H groups in total. The Balaban J connectivity index is 1.68. The lowest BCUT2D eigenvalue weighted by atomic mass is 10.1. The first-order valence-electron chi connectivity index (χ1n) is 10.5. The number of fused-ring (bicyclic) bond motifs is 1. The van der Waals surface area contributed by atoms with Gasteiger partial charge in [-0.2, -0.15) is 0 Å². The Kier molecular flexibility index (Phi) is 6.19. The van der Waals surface area contributed by atoms with E-state index in [1.165, 1.54) is 11.3 Å². The predicted molar refractivity (Wildman–Crippen MR) is 141 cm³/mol. The van der Waals surface area contributed by atoms with Gasteiger partial charge in [0.15, 0.2) is 0 Å². The van der Waals surface area contributed by atoms with Crippen LogP contribution in [-0.4, -0.2) is 16.1 Å². The van der Waals surface area contributed by atoms with Crippen molar-refractivity contribution >= 4 is 44.9 Å². The average molecular weight is 491 g/mol. The number of hydrogen-bond donors (Lipinski definition) is 0. The summed E-state index contributed by atoms with van der Waals surface area (Å²) in [5.41, 5.74) is 5.18. The van der Waals surface area contributed by atoms with Gasteiger partial charge in [-0.25, -0.2) is 4.99 Å². The molecule has 4 aromatic rings. The standard InChI is InChI=1S/C26H22N2O2S3/c1-16-8-4-6-10-20(16)27-25-31-22(18-12-14-19(30-3)15-13-18)23-24(33-25)28(26(29)32-23)21-11-7-5-9-17(21)2/h4-15,22H,1-3H3. The fourth-order valence-corrected chi connectivity index (χ4v) is 7.70. The minimum atomic E-state index is -0.0158. The fourth-order valence-electron chi connectivity index (χ4n) is 3.76. The van der Waals surface area contributed by atoms with Crippen molar-refractivity contribution in [2.45, 2.75) is 24.1 Å². The summed E-state index contributed by atoms with van der Waals surface area (Å²) in [5, 5.41) is 0.934. The number of thioether (sulfide) groups is 2. The van der Waals surface area contributed by atoms with Crippen molar-refractivity contribution < 1.29 is 4.74 Å². The molecule has 1 aromatic heterocycles. The second kappa shape index (κ2) is 9.25.